The third-order valence-electron chi connectivity index (χ3n) is 10.4. The predicted molar refractivity (Wildman–Crippen MR) is 256 cm³/mol. The van der Waals surface area contributed by atoms with Crippen LogP contribution in [0, 0.1) is 0 Å². The van der Waals surface area contributed by atoms with E-state index in [1.165, 1.54) is 89.9 Å². The van der Waals surface area contributed by atoms with Gasteiger partial charge in [0.25, 0.3) is 0 Å². The van der Waals surface area contributed by atoms with Crippen LogP contribution in [-0.2, 0) is 28.6 Å². The number of allylic oxidation sites excluding steroid dienone is 12. The SMILES string of the molecule is CC/C=C/C/C=C/C/C=C/CCCCCCCCC(=O)OCC(COC(=O)CCCCC/C=C/CCCCCCCC)OC(=O)CC/C=C/C/C=C/CCCCCCCC. The van der Waals surface area contributed by atoms with Crippen molar-refractivity contribution in [3.8, 4) is 0 Å². The molecule has 0 heterocycles. The molecule has 0 aromatic heterocycles. The van der Waals surface area contributed by atoms with Crippen molar-refractivity contribution in [2.45, 2.75) is 239 Å². The zero-order valence-corrected chi connectivity index (χ0v) is 39.2. The van der Waals surface area contributed by atoms with E-state index in [4.69, 9.17) is 14.2 Å². The number of carbonyl (C=O) groups excluding carboxylic acids is 3. The first-order valence-electron chi connectivity index (χ1n) is 24.9. The second-order valence-electron chi connectivity index (χ2n) is 16.3. The first kappa shape index (κ1) is 56.9. The molecular formula is C54H92O6. The van der Waals surface area contributed by atoms with Gasteiger partial charge < -0.3 is 14.2 Å². The van der Waals surface area contributed by atoms with Crippen molar-refractivity contribution < 1.29 is 28.6 Å². The van der Waals surface area contributed by atoms with E-state index in [0.29, 0.717) is 19.3 Å². The first-order chi connectivity index (χ1) is 29.5. The average molecular weight is 837 g/mol. The maximum atomic E-state index is 12.7. The molecule has 6 heteroatoms. The minimum atomic E-state index is -0.816. The van der Waals surface area contributed by atoms with E-state index in [0.717, 1.165) is 96.3 Å². The summed E-state index contributed by atoms with van der Waals surface area (Å²) >= 11 is 0. The molecule has 0 amide bonds. The van der Waals surface area contributed by atoms with Crippen LogP contribution < -0.4 is 0 Å². The van der Waals surface area contributed by atoms with Gasteiger partial charge in [-0.15, -0.1) is 0 Å². The van der Waals surface area contributed by atoms with Crippen LogP contribution in [-0.4, -0.2) is 37.2 Å². The van der Waals surface area contributed by atoms with Gasteiger partial charge in [0.1, 0.15) is 13.2 Å². The maximum Gasteiger partial charge on any atom is 0.306 e. The van der Waals surface area contributed by atoms with Crippen LogP contribution in [0.25, 0.3) is 0 Å². The molecule has 0 saturated heterocycles. The Morgan fingerprint density at radius 2 is 0.683 bits per heavy atom. The highest BCUT2D eigenvalue weighted by atomic mass is 16.6. The molecule has 1 atom stereocenters. The van der Waals surface area contributed by atoms with Gasteiger partial charge in [0.2, 0.25) is 0 Å². The van der Waals surface area contributed by atoms with Crippen LogP contribution in [0.2, 0.25) is 0 Å². The number of unbranched alkanes of at least 4 members (excludes halogenated alkanes) is 21. The van der Waals surface area contributed by atoms with Crippen molar-refractivity contribution in [1.29, 1.82) is 0 Å². The number of hydrogen-bond donors (Lipinski definition) is 0. The molecule has 0 rings (SSSR count). The zero-order chi connectivity index (χ0) is 43.7. The normalized spacial score (nSPS) is 12.7. The van der Waals surface area contributed by atoms with Crippen LogP contribution in [0.1, 0.15) is 233 Å². The molecule has 6 nitrogen and oxygen atoms in total. The fraction of sp³-hybridized carbons (Fsp3) is 0.722. The summed E-state index contributed by atoms with van der Waals surface area (Å²) in [4.78, 5) is 37.8. The summed E-state index contributed by atoms with van der Waals surface area (Å²) in [6, 6.07) is 0. The maximum absolute atomic E-state index is 12.7. The molecule has 0 aliphatic rings. The van der Waals surface area contributed by atoms with E-state index in [-0.39, 0.29) is 37.5 Å². The minimum absolute atomic E-state index is 0.110. The summed E-state index contributed by atoms with van der Waals surface area (Å²) in [5, 5.41) is 0. The van der Waals surface area contributed by atoms with Gasteiger partial charge in [-0.3, -0.25) is 14.4 Å². The summed E-state index contributed by atoms with van der Waals surface area (Å²) in [5.74, 6) is -1.01. The van der Waals surface area contributed by atoms with Crippen LogP contribution in [0.15, 0.2) is 72.9 Å². The lowest BCUT2D eigenvalue weighted by molar-refractivity contribution is -0.166. The Kier molecular flexibility index (Phi) is 46.0. The molecule has 60 heavy (non-hydrogen) atoms. The van der Waals surface area contributed by atoms with Crippen molar-refractivity contribution in [3.63, 3.8) is 0 Å². The lowest BCUT2D eigenvalue weighted by Crippen LogP contribution is -2.30. The fourth-order valence-electron chi connectivity index (χ4n) is 6.68. The third-order valence-corrected chi connectivity index (χ3v) is 10.4. The van der Waals surface area contributed by atoms with Crippen LogP contribution in [0.3, 0.4) is 0 Å². The largest absolute Gasteiger partial charge is 0.462 e. The van der Waals surface area contributed by atoms with Gasteiger partial charge in [0.05, 0.1) is 0 Å². The summed E-state index contributed by atoms with van der Waals surface area (Å²) in [6.07, 6.45) is 60.4. The molecule has 0 fully saturated rings. The number of hydrogen-bond acceptors (Lipinski definition) is 6. The molecule has 1 unspecified atom stereocenters. The van der Waals surface area contributed by atoms with Crippen molar-refractivity contribution in [1.82, 2.24) is 0 Å². The molecule has 0 aromatic carbocycles. The Bertz CT molecular complexity index is 1140. The quantitative estimate of drug-likeness (QED) is 0.0263. The van der Waals surface area contributed by atoms with Crippen LogP contribution in [0.5, 0.6) is 0 Å². The predicted octanol–water partition coefficient (Wildman–Crippen LogP) is 16.3. The van der Waals surface area contributed by atoms with Crippen molar-refractivity contribution in [2.75, 3.05) is 13.2 Å². The van der Waals surface area contributed by atoms with Gasteiger partial charge in [-0.1, -0.05) is 190 Å². The standard InChI is InChI=1S/C54H92O6/c1-4-7-10-13-16-19-22-25-26-27-30-32-35-38-41-44-47-53(56)59-50-51(60-54(57)48-45-42-39-36-33-29-24-21-18-15-12-9-6-3)49-58-52(55)46-43-40-37-34-31-28-23-20-17-14-11-8-5-2/h7,10,16,19,25-26,28-29,31,33,39,42,51H,4-6,8-9,11-15,17-18,20-24,27,30,32,34-38,40-41,43-50H2,1-3H3/b10-7+,19-16+,26-25+,31-28+,33-29+,42-39+. The highest BCUT2D eigenvalue weighted by Gasteiger charge is 2.19. The van der Waals surface area contributed by atoms with Crippen molar-refractivity contribution in [2.24, 2.45) is 0 Å². The number of ether oxygens (including phenoxy) is 3. The minimum Gasteiger partial charge on any atom is -0.462 e. The highest BCUT2D eigenvalue weighted by Crippen LogP contribution is 2.13. The van der Waals surface area contributed by atoms with Crippen LogP contribution in [0.4, 0.5) is 0 Å². The fourth-order valence-corrected chi connectivity index (χ4v) is 6.68. The van der Waals surface area contributed by atoms with Crippen LogP contribution >= 0.6 is 0 Å². The summed E-state index contributed by atoms with van der Waals surface area (Å²) in [5.41, 5.74) is 0. The average Bonchev–Trinajstić information content (AvgIpc) is 3.24. The lowest BCUT2D eigenvalue weighted by atomic mass is 10.1. The molecule has 0 radical (unpaired) electrons. The second-order valence-corrected chi connectivity index (χ2v) is 16.3. The van der Waals surface area contributed by atoms with Gasteiger partial charge in [-0.25, -0.2) is 0 Å². The van der Waals surface area contributed by atoms with E-state index in [1.807, 2.05) is 6.08 Å². The highest BCUT2D eigenvalue weighted by molar-refractivity contribution is 5.71. The molecule has 0 aliphatic carbocycles. The van der Waals surface area contributed by atoms with Gasteiger partial charge in [-0.2, -0.15) is 0 Å². The molecule has 0 bridgehead atoms. The van der Waals surface area contributed by atoms with E-state index >= 15 is 0 Å². The summed E-state index contributed by atoms with van der Waals surface area (Å²) in [6.45, 7) is 6.43. The van der Waals surface area contributed by atoms with Gasteiger partial charge in [0, 0.05) is 19.3 Å². The molecule has 0 aromatic rings. The number of carbonyl (C=O) groups is 3. The second kappa shape index (κ2) is 48.5. The molecule has 0 saturated carbocycles. The Morgan fingerprint density at radius 1 is 0.350 bits per heavy atom. The third kappa shape index (κ3) is 45.9. The molecular weight excluding hydrogens is 745 g/mol. The zero-order valence-electron chi connectivity index (χ0n) is 39.2. The lowest BCUT2D eigenvalue weighted by Gasteiger charge is -2.18. The Morgan fingerprint density at radius 3 is 1.12 bits per heavy atom. The monoisotopic (exact) mass is 837 g/mol. The van der Waals surface area contributed by atoms with Crippen molar-refractivity contribution >= 4 is 17.9 Å². The Balaban J connectivity index is 4.48. The smallest absolute Gasteiger partial charge is 0.306 e. The summed E-state index contributed by atoms with van der Waals surface area (Å²) < 4.78 is 16.7. The molecule has 0 spiro atoms. The Labute approximate surface area is 370 Å². The van der Waals surface area contributed by atoms with Gasteiger partial charge in [-0.05, 0) is 96.3 Å². The Hall–Kier alpha value is -3.15. The van der Waals surface area contributed by atoms with E-state index in [1.54, 1.807) is 0 Å². The molecule has 0 N–H and O–H groups in total. The summed E-state index contributed by atoms with van der Waals surface area (Å²) in [7, 11) is 0. The van der Waals surface area contributed by atoms with E-state index < -0.39 is 6.10 Å². The van der Waals surface area contributed by atoms with E-state index in [9.17, 15) is 14.4 Å². The molecule has 0 aliphatic heterocycles. The molecule has 344 valence electrons. The topological polar surface area (TPSA) is 78.9 Å². The number of esters is 3. The van der Waals surface area contributed by atoms with Crippen molar-refractivity contribution in [3.05, 3.63) is 72.9 Å². The van der Waals surface area contributed by atoms with Gasteiger partial charge in [0.15, 0.2) is 6.10 Å². The van der Waals surface area contributed by atoms with E-state index in [2.05, 4.69) is 87.6 Å². The first-order valence-corrected chi connectivity index (χ1v) is 24.9. The van der Waals surface area contributed by atoms with Gasteiger partial charge >= 0.3 is 17.9 Å². The number of rotatable bonds is 44.